The van der Waals surface area contributed by atoms with Crippen LogP contribution in [0.5, 0.6) is 0 Å². The fourth-order valence-electron chi connectivity index (χ4n) is 2.91. The molecule has 2 rings (SSSR count). The molecule has 1 aromatic rings. The highest BCUT2D eigenvalue weighted by Gasteiger charge is 2.30. The molecule has 1 heterocycles. The maximum atomic E-state index is 4.53. The number of hydrogen-bond donors (Lipinski definition) is 1. The van der Waals surface area contributed by atoms with Crippen LogP contribution in [-0.2, 0) is 7.05 Å². The minimum Gasteiger partial charge on any atom is -0.338 e. The summed E-state index contributed by atoms with van der Waals surface area (Å²) in [6.07, 6.45) is 7.99. The maximum Gasteiger partial charge on any atom is 0.111 e. The highest BCUT2D eigenvalue weighted by Crippen LogP contribution is 2.38. The average Bonchev–Trinajstić information content (AvgIpc) is 2.86. The van der Waals surface area contributed by atoms with Crippen molar-refractivity contribution in [2.45, 2.75) is 39.0 Å². The molecular formula is C14H25N3. The Bertz CT molecular complexity index is 343. The molecule has 0 radical (unpaired) electrons. The highest BCUT2D eigenvalue weighted by atomic mass is 15.0. The Morgan fingerprint density at radius 2 is 2.29 bits per heavy atom. The van der Waals surface area contributed by atoms with Gasteiger partial charge in [0.15, 0.2) is 0 Å². The summed E-state index contributed by atoms with van der Waals surface area (Å²) >= 11 is 0. The largest absolute Gasteiger partial charge is 0.338 e. The number of imidazole rings is 1. The van der Waals surface area contributed by atoms with Crippen LogP contribution in [0, 0.1) is 11.8 Å². The summed E-state index contributed by atoms with van der Waals surface area (Å²) in [5.74, 6) is 3.45. The molecule has 2 unspecified atom stereocenters. The number of rotatable bonds is 5. The van der Waals surface area contributed by atoms with Gasteiger partial charge in [0.2, 0.25) is 0 Å². The van der Waals surface area contributed by atoms with Crippen molar-refractivity contribution < 1.29 is 0 Å². The number of aryl methyl sites for hydroxylation is 1. The molecule has 0 aromatic carbocycles. The van der Waals surface area contributed by atoms with E-state index in [-0.39, 0.29) is 0 Å². The fourth-order valence-corrected chi connectivity index (χ4v) is 2.91. The molecule has 0 saturated heterocycles. The average molecular weight is 235 g/mol. The van der Waals surface area contributed by atoms with Gasteiger partial charge in [-0.25, -0.2) is 4.98 Å². The van der Waals surface area contributed by atoms with Gasteiger partial charge in [-0.2, -0.15) is 0 Å². The molecule has 0 bridgehead atoms. The van der Waals surface area contributed by atoms with E-state index in [9.17, 15) is 0 Å². The van der Waals surface area contributed by atoms with Crippen LogP contribution in [0.15, 0.2) is 12.4 Å². The van der Waals surface area contributed by atoms with E-state index in [2.05, 4.69) is 42.0 Å². The molecule has 1 fully saturated rings. The lowest BCUT2D eigenvalue weighted by Crippen LogP contribution is -2.28. The second kappa shape index (κ2) is 5.67. The van der Waals surface area contributed by atoms with Gasteiger partial charge in [0.1, 0.15) is 5.82 Å². The standard InChI is InChI=1S/C14H25N3/c1-11(2)9-15-10-12-5-4-6-13(12)14-16-7-8-17(14)3/h7-8,11-13,15H,4-6,9-10H2,1-3H3. The lowest BCUT2D eigenvalue weighted by molar-refractivity contribution is 0.410. The minimum absolute atomic E-state index is 0.662. The lowest BCUT2D eigenvalue weighted by Gasteiger charge is -2.20. The third-order valence-corrected chi connectivity index (χ3v) is 3.81. The van der Waals surface area contributed by atoms with E-state index in [0.717, 1.165) is 24.9 Å². The van der Waals surface area contributed by atoms with Crippen LogP contribution >= 0.6 is 0 Å². The number of aromatic nitrogens is 2. The van der Waals surface area contributed by atoms with Crippen molar-refractivity contribution in [1.82, 2.24) is 14.9 Å². The minimum atomic E-state index is 0.662. The van der Waals surface area contributed by atoms with Gasteiger partial charge in [-0.15, -0.1) is 0 Å². The van der Waals surface area contributed by atoms with Crippen LogP contribution in [0.25, 0.3) is 0 Å². The van der Waals surface area contributed by atoms with Gasteiger partial charge < -0.3 is 9.88 Å². The van der Waals surface area contributed by atoms with Crippen LogP contribution in [0.2, 0.25) is 0 Å². The molecule has 0 amide bonds. The Morgan fingerprint density at radius 3 is 2.94 bits per heavy atom. The summed E-state index contributed by atoms with van der Waals surface area (Å²) < 4.78 is 2.19. The van der Waals surface area contributed by atoms with E-state index in [1.807, 2.05) is 6.20 Å². The monoisotopic (exact) mass is 235 g/mol. The van der Waals surface area contributed by atoms with E-state index < -0.39 is 0 Å². The van der Waals surface area contributed by atoms with Crippen molar-refractivity contribution in [1.29, 1.82) is 0 Å². The highest BCUT2D eigenvalue weighted by molar-refractivity contribution is 5.05. The van der Waals surface area contributed by atoms with E-state index >= 15 is 0 Å². The third kappa shape index (κ3) is 3.09. The van der Waals surface area contributed by atoms with E-state index in [1.54, 1.807) is 0 Å². The molecule has 1 N–H and O–H groups in total. The van der Waals surface area contributed by atoms with Gasteiger partial charge in [-0.3, -0.25) is 0 Å². The topological polar surface area (TPSA) is 29.9 Å². The van der Waals surface area contributed by atoms with Crippen LogP contribution in [-0.4, -0.2) is 22.6 Å². The molecule has 1 aliphatic carbocycles. The molecule has 0 aliphatic heterocycles. The normalized spacial score (nSPS) is 24.7. The predicted octanol–water partition coefficient (Wildman–Crippen LogP) is 2.55. The van der Waals surface area contributed by atoms with Crippen molar-refractivity contribution in [3.8, 4) is 0 Å². The molecule has 1 saturated carbocycles. The Hall–Kier alpha value is -0.830. The van der Waals surface area contributed by atoms with Crippen LogP contribution in [0.3, 0.4) is 0 Å². The molecule has 1 aromatic heterocycles. The Kier molecular flexibility index (Phi) is 4.21. The van der Waals surface area contributed by atoms with E-state index in [1.165, 1.54) is 25.1 Å². The zero-order chi connectivity index (χ0) is 12.3. The summed E-state index contributed by atoms with van der Waals surface area (Å²) in [6.45, 7) is 6.80. The van der Waals surface area contributed by atoms with Gasteiger partial charge in [-0.1, -0.05) is 20.3 Å². The summed E-state index contributed by atoms with van der Waals surface area (Å²) in [5.41, 5.74) is 0. The molecule has 17 heavy (non-hydrogen) atoms. The molecule has 96 valence electrons. The van der Waals surface area contributed by atoms with Gasteiger partial charge in [0.05, 0.1) is 0 Å². The zero-order valence-electron chi connectivity index (χ0n) is 11.3. The molecule has 0 spiro atoms. The van der Waals surface area contributed by atoms with Crippen molar-refractivity contribution in [3.05, 3.63) is 18.2 Å². The molecule has 1 aliphatic rings. The van der Waals surface area contributed by atoms with Gasteiger partial charge in [0.25, 0.3) is 0 Å². The maximum absolute atomic E-state index is 4.53. The summed E-state index contributed by atoms with van der Waals surface area (Å²) in [5, 5.41) is 3.60. The number of nitrogens with zero attached hydrogens (tertiary/aromatic N) is 2. The van der Waals surface area contributed by atoms with Crippen molar-refractivity contribution in [2.24, 2.45) is 18.9 Å². The summed E-state index contributed by atoms with van der Waals surface area (Å²) in [4.78, 5) is 4.53. The summed E-state index contributed by atoms with van der Waals surface area (Å²) in [7, 11) is 2.11. The summed E-state index contributed by atoms with van der Waals surface area (Å²) in [6, 6.07) is 0. The predicted molar refractivity (Wildman–Crippen MR) is 71.0 cm³/mol. The van der Waals surface area contributed by atoms with Crippen molar-refractivity contribution in [3.63, 3.8) is 0 Å². The quantitative estimate of drug-likeness (QED) is 0.850. The Labute approximate surface area is 105 Å². The SMILES string of the molecule is CC(C)CNCC1CCCC1c1nccn1C. The third-order valence-electron chi connectivity index (χ3n) is 3.81. The van der Waals surface area contributed by atoms with Crippen LogP contribution in [0.1, 0.15) is 44.9 Å². The van der Waals surface area contributed by atoms with E-state index in [4.69, 9.17) is 0 Å². The number of nitrogens with one attached hydrogen (secondary N) is 1. The smallest absolute Gasteiger partial charge is 0.111 e. The van der Waals surface area contributed by atoms with Gasteiger partial charge in [0, 0.05) is 25.4 Å². The fraction of sp³-hybridized carbons (Fsp3) is 0.786. The molecule has 3 nitrogen and oxygen atoms in total. The van der Waals surface area contributed by atoms with Crippen molar-refractivity contribution in [2.75, 3.05) is 13.1 Å². The Morgan fingerprint density at radius 1 is 1.47 bits per heavy atom. The zero-order valence-corrected chi connectivity index (χ0v) is 11.3. The second-order valence-corrected chi connectivity index (χ2v) is 5.75. The van der Waals surface area contributed by atoms with E-state index in [0.29, 0.717) is 5.92 Å². The first-order valence-electron chi connectivity index (χ1n) is 6.86. The van der Waals surface area contributed by atoms with Gasteiger partial charge >= 0.3 is 0 Å². The second-order valence-electron chi connectivity index (χ2n) is 5.75. The first-order chi connectivity index (χ1) is 8.18. The van der Waals surface area contributed by atoms with Crippen LogP contribution in [0.4, 0.5) is 0 Å². The molecule has 2 atom stereocenters. The van der Waals surface area contributed by atoms with Gasteiger partial charge in [-0.05, 0) is 37.8 Å². The molecule has 3 heteroatoms. The first-order valence-corrected chi connectivity index (χ1v) is 6.86. The lowest BCUT2D eigenvalue weighted by atomic mass is 9.95. The Balaban J connectivity index is 1.91. The number of hydrogen-bond acceptors (Lipinski definition) is 2. The first kappa shape index (κ1) is 12.6. The molecular weight excluding hydrogens is 210 g/mol. The van der Waals surface area contributed by atoms with Crippen molar-refractivity contribution >= 4 is 0 Å². The van der Waals surface area contributed by atoms with Crippen LogP contribution < -0.4 is 5.32 Å².